The van der Waals surface area contributed by atoms with Gasteiger partial charge in [-0.2, -0.15) is 0 Å². The minimum Gasteiger partial charge on any atom is -0.324 e. The second-order valence-corrected chi connectivity index (χ2v) is 4.09. The smallest absolute Gasteiger partial charge is 0.241 e. The number of carbonyl (C=O) groups excluding carboxylic acids is 1. The summed E-state index contributed by atoms with van der Waals surface area (Å²) in [5.74, 6) is 0.0470. The van der Waals surface area contributed by atoms with Crippen molar-refractivity contribution in [2.45, 2.75) is 33.2 Å². The standard InChI is InChI=1S/C12H19N3O/c1-4-8(2)11(13)12(16)15-10-5-6-14-7-9(10)3/h5-8,11H,4,13H2,1-3H3,(H,14,15,16)/t8-,11-/m0/s1. The van der Waals surface area contributed by atoms with Crippen LogP contribution in [0, 0.1) is 12.8 Å². The lowest BCUT2D eigenvalue weighted by molar-refractivity contribution is -0.118. The molecule has 4 heteroatoms. The number of carbonyl (C=O) groups is 1. The number of nitrogens with one attached hydrogen (secondary N) is 1. The maximum Gasteiger partial charge on any atom is 0.241 e. The number of nitrogens with zero attached hydrogens (tertiary/aromatic N) is 1. The van der Waals surface area contributed by atoms with Crippen molar-refractivity contribution in [3.05, 3.63) is 24.0 Å². The molecule has 1 rings (SSSR count). The molecule has 2 atom stereocenters. The number of hydrogen-bond acceptors (Lipinski definition) is 3. The largest absolute Gasteiger partial charge is 0.324 e. The Hall–Kier alpha value is -1.42. The number of amides is 1. The van der Waals surface area contributed by atoms with Crippen LogP contribution in [-0.4, -0.2) is 16.9 Å². The van der Waals surface area contributed by atoms with Crippen LogP contribution in [0.5, 0.6) is 0 Å². The van der Waals surface area contributed by atoms with E-state index in [2.05, 4.69) is 10.3 Å². The van der Waals surface area contributed by atoms with Gasteiger partial charge in [0.1, 0.15) is 0 Å². The van der Waals surface area contributed by atoms with E-state index < -0.39 is 6.04 Å². The molecule has 1 heterocycles. The molecule has 0 spiro atoms. The second kappa shape index (κ2) is 5.61. The Morgan fingerprint density at radius 1 is 1.62 bits per heavy atom. The van der Waals surface area contributed by atoms with Crippen LogP contribution in [0.4, 0.5) is 5.69 Å². The number of nitrogens with two attached hydrogens (primary N) is 1. The summed E-state index contributed by atoms with van der Waals surface area (Å²) < 4.78 is 0. The van der Waals surface area contributed by atoms with Crippen molar-refractivity contribution in [3.8, 4) is 0 Å². The average molecular weight is 221 g/mol. The Kier molecular flexibility index (Phi) is 4.43. The van der Waals surface area contributed by atoms with Crippen molar-refractivity contribution in [1.82, 2.24) is 4.98 Å². The van der Waals surface area contributed by atoms with E-state index in [4.69, 9.17) is 5.73 Å². The maximum atomic E-state index is 11.8. The van der Waals surface area contributed by atoms with Crippen molar-refractivity contribution in [1.29, 1.82) is 0 Å². The van der Waals surface area contributed by atoms with E-state index in [1.54, 1.807) is 18.5 Å². The van der Waals surface area contributed by atoms with Crippen LogP contribution in [-0.2, 0) is 4.79 Å². The summed E-state index contributed by atoms with van der Waals surface area (Å²) in [4.78, 5) is 15.8. The SMILES string of the molecule is CC[C@H](C)[C@H](N)C(=O)Nc1ccncc1C. The Labute approximate surface area is 96.3 Å². The molecule has 4 nitrogen and oxygen atoms in total. The van der Waals surface area contributed by atoms with Gasteiger partial charge in [-0.3, -0.25) is 9.78 Å². The molecule has 1 amide bonds. The number of aryl methyl sites for hydroxylation is 1. The van der Waals surface area contributed by atoms with E-state index in [1.807, 2.05) is 20.8 Å². The molecular weight excluding hydrogens is 202 g/mol. The number of rotatable bonds is 4. The monoisotopic (exact) mass is 221 g/mol. The van der Waals surface area contributed by atoms with Gasteiger partial charge in [0.05, 0.1) is 6.04 Å². The van der Waals surface area contributed by atoms with E-state index >= 15 is 0 Å². The molecule has 0 saturated carbocycles. The fourth-order valence-corrected chi connectivity index (χ4v) is 1.34. The van der Waals surface area contributed by atoms with Crippen LogP contribution in [0.25, 0.3) is 0 Å². The number of aromatic nitrogens is 1. The fourth-order valence-electron chi connectivity index (χ4n) is 1.34. The molecule has 3 N–H and O–H groups in total. The van der Waals surface area contributed by atoms with Crippen molar-refractivity contribution in [3.63, 3.8) is 0 Å². The molecule has 0 aliphatic rings. The van der Waals surface area contributed by atoms with Crippen molar-refractivity contribution in [2.75, 3.05) is 5.32 Å². The van der Waals surface area contributed by atoms with Crippen molar-refractivity contribution >= 4 is 11.6 Å². The molecule has 0 aliphatic carbocycles. The van der Waals surface area contributed by atoms with Crippen LogP contribution >= 0.6 is 0 Å². The third-order valence-corrected chi connectivity index (χ3v) is 2.84. The van der Waals surface area contributed by atoms with Crippen molar-refractivity contribution < 1.29 is 4.79 Å². The summed E-state index contributed by atoms with van der Waals surface area (Å²) >= 11 is 0. The molecule has 1 aromatic rings. The first-order valence-corrected chi connectivity index (χ1v) is 5.53. The lowest BCUT2D eigenvalue weighted by atomic mass is 9.99. The normalized spacial score (nSPS) is 14.2. The molecule has 16 heavy (non-hydrogen) atoms. The van der Waals surface area contributed by atoms with Gasteiger partial charge >= 0.3 is 0 Å². The summed E-state index contributed by atoms with van der Waals surface area (Å²) in [7, 11) is 0. The molecule has 0 aromatic carbocycles. The van der Waals surface area contributed by atoms with Gasteiger partial charge in [0, 0.05) is 18.1 Å². The summed E-state index contributed by atoms with van der Waals surface area (Å²) in [6.07, 6.45) is 4.26. The van der Waals surface area contributed by atoms with Crippen LogP contribution in [0.15, 0.2) is 18.5 Å². The molecule has 88 valence electrons. The Morgan fingerprint density at radius 3 is 2.88 bits per heavy atom. The molecule has 0 fully saturated rings. The Morgan fingerprint density at radius 2 is 2.31 bits per heavy atom. The third kappa shape index (κ3) is 3.03. The number of pyridine rings is 1. The minimum absolute atomic E-state index is 0.136. The first-order valence-electron chi connectivity index (χ1n) is 5.53. The zero-order valence-corrected chi connectivity index (χ0v) is 10.0. The summed E-state index contributed by atoms with van der Waals surface area (Å²) in [5.41, 5.74) is 7.56. The maximum absolute atomic E-state index is 11.8. The molecule has 0 radical (unpaired) electrons. The zero-order valence-electron chi connectivity index (χ0n) is 10.0. The van der Waals surface area contributed by atoms with Crippen molar-refractivity contribution in [2.24, 2.45) is 11.7 Å². The highest BCUT2D eigenvalue weighted by Gasteiger charge is 2.19. The van der Waals surface area contributed by atoms with E-state index in [0.717, 1.165) is 17.7 Å². The van der Waals surface area contributed by atoms with Gasteiger partial charge in [0.25, 0.3) is 0 Å². The molecule has 0 bridgehead atoms. The number of anilines is 1. The Balaban J connectivity index is 2.68. The Bertz CT molecular complexity index is 365. The minimum atomic E-state index is -0.461. The fraction of sp³-hybridized carbons (Fsp3) is 0.500. The lowest BCUT2D eigenvalue weighted by Gasteiger charge is -2.18. The second-order valence-electron chi connectivity index (χ2n) is 4.09. The summed E-state index contributed by atoms with van der Waals surface area (Å²) in [5, 5.41) is 2.82. The molecule has 0 unspecified atom stereocenters. The van der Waals surface area contributed by atoms with E-state index in [0.29, 0.717) is 0 Å². The topological polar surface area (TPSA) is 68.0 Å². The van der Waals surface area contributed by atoms with E-state index in [-0.39, 0.29) is 11.8 Å². The van der Waals surface area contributed by atoms with E-state index in [1.165, 1.54) is 0 Å². The van der Waals surface area contributed by atoms with Gasteiger partial charge in [-0.25, -0.2) is 0 Å². The van der Waals surface area contributed by atoms with E-state index in [9.17, 15) is 4.79 Å². The number of hydrogen-bond donors (Lipinski definition) is 2. The van der Waals surface area contributed by atoms with Gasteiger partial charge in [-0.05, 0) is 24.5 Å². The van der Waals surface area contributed by atoms with Gasteiger partial charge in [-0.1, -0.05) is 20.3 Å². The third-order valence-electron chi connectivity index (χ3n) is 2.84. The van der Waals surface area contributed by atoms with Gasteiger partial charge in [-0.15, -0.1) is 0 Å². The highest BCUT2D eigenvalue weighted by atomic mass is 16.2. The zero-order chi connectivity index (χ0) is 12.1. The average Bonchev–Trinajstić information content (AvgIpc) is 2.30. The lowest BCUT2D eigenvalue weighted by Crippen LogP contribution is -2.40. The quantitative estimate of drug-likeness (QED) is 0.813. The molecule has 0 saturated heterocycles. The summed E-state index contributed by atoms with van der Waals surface area (Å²) in [6.45, 7) is 5.90. The summed E-state index contributed by atoms with van der Waals surface area (Å²) in [6, 6.07) is 1.31. The first kappa shape index (κ1) is 12.6. The highest BCUT2D eigenvalue weighted by Crippen LogP contribution is 2.13. The molecule has 1 aromatic heterocycles. The van der Waals surface area contributed by atoms with Gasteiger partial charge in [0.2, 0.25) is 5.91 Å². The van der Waals surface area contributed by atoms with Crippen LogP contribution in [0.3, 0.4) is 0 Å². The van der Waals surface area contributed by atoms with Crippen LogP contribution in [0.1, 0.15) is 25.8 Å². The first-order chi connectivity index (χ1) is 7.56. The molecular formula is C12H19N3O. The van der Waals surface area contributed by atoms with Crippen LogP contribution < -0.4 is 11.1 Å². The highest BCUT2D eigenvalue weighted by molar-refractivity contribution is 5.95. The van der Waals surface area contributed by atoms with Gasteiger partial charge in [0.15, 0.2) is 0 Å². The predicted molar refractivity (Wildman–Crippen MR) is 65.0 cm³/mol. The molecule has 0 aliphatic heterocycles. The van der Waals surface area contributed by atoms with Crippen LogP contribution in [0.2, 0.25) is 0 Å². The predicted octanol–water partition coefficient (Wildman–Crippen LogP) is 1.70. The van der Waals surface area contributed by atoms with Gasteiger partial charge < -0.3 is 11.1 Å².